The largest absolute Gasteiger partial charge is 0.489 e. The highest BCUT2D eigenvalue weighted by atomic mass is 35.5. The van der Waals surface area contributed by atoms with E-state index in [1.807, 2.05) is 50.4 Å². The lowest BCUT2D eigenvalue weighted by Gasteiger charge is -2.16. The van der Waals surface area contributed by atoms with E-state index >= 15 is 0 Å². The summed E-state index contributed by atoms with van der Waals surface area (Å²) in [6, 6.07) is 11.8. The maximum absolute atomic E-state index is 6.16. The first kappa shape index (κ1) is 12.2. The Morgan fingerprint density at radius 3 is 2.59 bits per heavy atom. The van der Waals surface area contributed by atoms with Crippen molar-refractivity contribution in [3.8, 4) is 5.75 Å². The number of fused-ring (bicyclic) bond motifs is 1. The first-order valence-electron chi connectivity index (χ1n) is 5.71. The molecule has 3 heteroatoms. The number of hydrogen-bond donors (Lipinski definition) is 1. The molecule has 2 aromatic carbocycles. The minimum Gasteiger partial charge on any atom is -0.489 e. The van der Waals surface area contributed by atoms with Gasteiger partial charge in [0.05, 0.1) is 0 Å². The highest BCUT2D eigenvalue weighted by Crippen LogP contribution is 2.31. The molecule has 0 saturated heterocycles. The van der Waals surface area contributed by atoms with Crippen LogP contribution in [0.4, 0.5) is 0 Å². The van der Waals surface area contributed by atoms with Gasteiger partial charge in [-0.2, -0.15) is 0 Å². The zero-order valence-corrected chi connectivity index (χ0v) is 10.8. The average molecular weight is 250 g/mol. The third kappa shape index (κ3) is 2.71. The molecule has 1 unspecified atom stereocenters. The van der Waals surface area contributed by atoms with Crippen LogP contribution >= 0.6 is 11.6 Å². The van der Waals surface area contributed by atoms with Crippen LogP contribution in [0.2, 0.25) is 5.02 Å². The van der Waals surface area contributed by atoms with Crippen molar-refractivity contribution >= 4 is 22.4 Å². The minimum absolute atomic E-state index is 0.129. The van der Waals surface area contributed by atoms with E-state index in [2.05, 4.69) is 5.32 Å². The molecule has 90 valence electrons. The van der Waals surface area contributed by atoms with E-state index in [1.165, 1.54) is 0 Å². The van der Waals surface area contributed by atoms with Gasteiger partial charge >= 0.3 is 0 Å². The molecule has 2 nitrogen and oxygen atoms in total. The predicted molar refractivity (Wildman–Crippen MR) is 73.0 cm³/mol. The fraction of sp³-hybridized carbons (Fsp3) is 0.286. The molecular weight excluding hydrogens is 234 g/mol. The number of halogens is 1. The summed E-state index contributed by atoms with van der Waals surface area (Å²) in [5.41, 5.74) is 0. The minimum atomic E-state index is 0.129. The summed E-state index contributed by atoms with van der Waals surface area (Å²) in [4.78, 5) is 0. The number of hydrogen-bond acceptors (Lipinski definition) is 2. The number of rotatable bonds is 4. The van der Waals surface area contributed by atoms with Gasteiger partial charge in [0.2, 0.25) is 0 Å². The Balaban J connectivity index is 2.38. The van der Waals surface area contributed by atoms with Crippen LogP contribution in [0.5, 0.6) is 5.75 Å². The molecule has 0 saturated carbocycles. The van der Waals surface area contributed by atoms with E-state index in [1.54, 1.807) is 0 Å². The monoisotopic (exact) mass is 249 g/mol. The molecule has 0 heterocycles. The second-order valence-corrected chi connectivity index (χ2v) is 4.48. The molecule has 0 spiro atoms. The highest BCUT2D eigenvalue weighted by molar-refractivity contribution is 6.35. The van der Waals surface area contributed by atoms with E-state index in [-0.39, 0.29) is 6.10 Å². The van der Waals surface area contributed by atoms with Gasteiger partial charge in [0.1, 0.15) is 11.9 Å². The van der Waals surface area contributed by atoms with Gasteiger partial charge in [-0.3, -0.25) is 0 Å². The third-order valence-corrected chi connectivity index (χ3v) is 2.98. The Hall–Kier alpha value is -1.25. The third-order valence-electron chi connectivity index (χ3n) is 2.65. The number of likely N-dealkylation sites (N-methyl/N-ethyl adjacent to an activating group) is 1. The fourth-order valence-electron chi connectivity index (χ4n) is 1.88. The molecule has 0 bridgehead atoms. The molecule has 17 heavy (non-hydrogen) atoms. The molecule has 1 N–H and O–H groups in total. The predicted octanol–water partition coefficient (Wildman–Crippen LogP) is 3.48. The summed E-state index contributed by atoms with van der Waals surface area (Å²) in [6.07, 6.45) is 0.129. The molecular formula is C14H16ClNO. The van der Waals surface area contributed by atoms with Gasteiger partial charge in [-0.15, -0.1) is 0 Å². The normalized spacial score (nSPS) is 12.6. The van der Waals surface area contributed by atoms with Crippen molar-refractivity contribution in [1.82, 2.24) is 5.32 Å². The van der Waals surface area contributed by atoms with E-state index in [9.17, 15) is 0 Å². The first-order valence-corrected chi connectivity index (χ1v) is 6.08. The average Bonchev–Trinajstić information content (AvgIpc) is 2.34. The molecule has 0 amide bonds. The van der Waals surface area contributed by atoms with Crippen molar-refractivity contribution in [3.63, 3.8) is 0 Å². The van der Waals surface area contributed by atoms with Crippen LogP contribution in [0, 0.1) is 0 Å². The van der Waals surface area contributed by atoms with Crippen molar-refractivity contribution in [1.29, 1.82) is 0 Å². The van der Waals surface area contributed by atoms with E-state index in [0.29, 0.717) is 0 Å². The van der Waals surface area contributed by atoms with Crippen molar-refractivity contribution in [2.75, 3.05) is 13.6 Å². The molecule has 1 atom stereocenters. The molecule has 0 aliphatic heterocycles. The first-order chi connectivity index (χ1) is 8.22. The smallest absolute Gasteiger partial charge is 0.127 e. The van der Waals surface area contributed by atoms with Gasteiger partial charge in [-0.05, 0) is 26.1 Å². The van der Waals surface area contributed by atoms with Gasteiger partial charge in [0.25, 0.3) is 0 Å². The Morgan fingerprint density at radius 1 is 1.18 bits per heavy atom. The maximum atomic E-state index is 6.16. The molecule has 0 radical (unpaired) electrons. The molecule has 2 rings (SSSR count). The van der Waals surface area contributed by atoms with Crippen LogP contribution < -0.4 is 10.1 Å². The van der Waals surface area contributed by atoms with Crippen LogP contribution in [-0.2, 0) is 0 Å². The summed E-state index contributed by atoms with van der Waals surface area (Å²) >= 11 is 6.16. The summed E-state index contributed by atoms with van der Waals surface area (Å²) in [6.45, 7) is 2.86. The second kappa shape index (κ2) is 5.39. The van der Waals surface area contributed by atoms with Crippen LogP contribution in [0.15, 0.2) is 36.4 Å². The summed E-state index contributed by atoms with van der Waals surface area (Å²) in [7, 11) is 1.92. The Bertz CT molecular complexity index is 513. The van der Waals surface area contributed by atoms with Crippen LogP contribution in [-0.4, -0.2) is 19.7 Å². The Morgan fingerprint density at radius 2 is 1.88 bits per heavy atom. The zero-order valence-electron chi connectivity index (χ0n) is 10.0. The topological polar surface area (TPSA) is 21.3 Å². The fourth-order valence-corrected chi connectivity index (χ4v) is 2.11. The summed E-state index contributed by atoms with van der Waals surface area (Å²) in [5, 5.41) is 5.94. The Labute approximate surface area is 107 Å². The van der Waals surface area contributed by atoms with Crippen LogP contribution in [0.1, 0.15) is 6.92 Å². The number of benzene rings is 2. The molecule has 0 aliphatic rings. The van der Waals surface area contributed by atoms with Gasteiger partial charge in [0.15, 0.2) is 0 Å². The standard InChI is InChI=1S/C14H16ClNO/c1-10(9-16-2)17-14-8-7-13(15)11-5-3-4-6-12(11)14/h3-8,10,16H,9H2,1-2H3. The quantitative estimate of drug-likeness (QED) is 0.896. The van der Waals surface area contributed by atoms with Gasteiger partial charge in [-0.25, -0.2) is 0 Å². The molecule has 0 fully saturated rings. The van der Waals surface area contributed by atoms with Crippen molar-refractivity contribution in [2.24, 2.45) is 0 Å². The molecule has 0 aliphatic carbocycles. The zero-order chi connectivity index (χ0) is 12.3. The van der Waals surface area contributed by atoms with Crippen molar-refractivity contribution < 1.29 is 4.74 Å². The van der Waals surface area contributed by atoms with Crippen LogP contribution in [0.3, 0.4) is 0 Å². The lowest BCUT2D eigenvalue weighted by atomic mass is 10.1. The van der Waals surface area contributed by atoms with Gasteiger partial charge in [0, 0.05) is 22.3 Å². The highest BCUT2D eigenvalue weighted by Gasteiger charge is 2.08. The summed E-state index contributed by atoms with van der Waals surface area (Å²) < 4.78 is 5.90. The second-order valence-electron chi connectivity index (χ2n) is 4.08. The van der Waals surface area contributed by atoms with Gasteiger partial charge in [-0.1, -0.05) is 35.9 Å². The maximum Gasteiger partial charge on any atom is 0.127 e. The van der Waals surface area contributed by atoms with E-state index in [0.717, 1.165) is 28.1 Å². The van der Waals surface area contributed by atoms with E-state index in [4.69, 9.17) is 16.3 Å². The lowest BCUT2D eigenvalue weighted by Crippen LogP contribution is -2.26. The Kier molecular flexibility index (Phi) is 3.87. The van der Waals surface area contributed by atoms with E-state index < -0.39 is 0 Å². The van der Waals surface area contributed by atoms with Crippen molar-refractivity contribution in [3.05, 3.63) is 41.4 Å². The van der Waals surface area contributed by atoms with Crippen LogP contribution in [0.25, 0.3) is 10.8 Å². The number of nitrogens with one attached hydrogen (secondary N) is 1. The SMILES string of the molecule is CNCC(C)Oc1ccc(Cl)c2ccccc12. The van der Waals surface area contributed by atoms with Crippen molar-refractivity contribution in [2.45, 2.75) is 13.0 Å². The summed E-state index contributed by atoms with van der Waals surface area (Å²) in [5.74, 6) is 0.882. The van der Waals surface area contributed by atoms with Gasteiger partial charge < -0.3 is 10.1 Å². The lowest BCUT2D eigenvalue weighted by molar-refractivity contribution is 0.223. The number of ether oxygens (including phenoxy) is 1. The molecule has 2 aromatic rings. The molecule has 0 aromatic heterocycles.